The van der Waals surface area contributed by atoms with E-state index in [1.165, 1.54) is 11.3 Å². The Hall–Kier alpha value is -0.910. The Morgan fingerprint density at radius 1 is 1.71 bits per heavy atom. The molecule has 0 spiro atoms. The number of aromatic carboxylic acids is 1. The Labute approximate surface area is 105 Å². The van der Waals surface area contributed by atoms with E-state index in [-0.39, 0.29) is 6.10 Å². The highest BCUT2D eigenvalue weighted by Crippen LogP contribution is 2.23. The summed E-state index contributed by atoms with van der Waals surface area (Å²) >= 11 is 1.29. The van der Waals surface area contributed by atoms with E-state index in [1.54, 1.807) is 0 Å². The molecule has 2 unspecified atom stereocenters. The second-order valence-electron chi connectivity index (χ2n) is 4.43. The average Bonchev–Trinajstić information content (AvgIpc) is 2.86. The van der Waals surface area contributed by atoms with Gasteiger partial charge >= 0.3 is 5.97 Å². The Bertz CT molecular complexity index is 404. The number of carboxylic acids is 1. The predicted octanol–water partition coefficient (Wildman–Crippen LogP) is 2.06. The second-order valence-corrected chi connectivity index (χ2v) is 5.34. The summed E-state index contributed by atoms with van der Waals surface area (Å²) in [4.78, 5) is 13.7. The monoisotopic (exact) mass is 255 g/mol. The highest BCUT2D eigenvalue weighted by molar-refractivity contribution is 7.12. The summed E-state index contributed by atoms with van der Waals surface area (Å²) in [6, 6.07) is 2.28. The molecule has 0 aliphatic carbocycles. The molecule has 1 fully saturated rings. The molecule has 0 bridgehead atoms. The molecule has 0 saturated carbocycles. The van der Waals surface area contributed by atoms with Crippen LogP contribution < -0.4 is 0 Å². The molecule has 2 rings (SSSR count). The number of carbonyl (C=O) groups is 1. The highest BCUT2D eigenvalue weighted by Gasteiger charge is 2.28. The van der Waals surface area contributed by atoms with Crippen LogP contribution in [0.3, 0.4) is 0 Å². The van der Waals surface area contributed by atoms with E-state index in [9.17, 15) is 4.79 Å². The Morgan fingerprint density at radius 2 is 2.47 bits per heavy atom. The number of ether oxygens (including phenoxy) is 1. The van der Waals surface area contributed by atoms with Gasteiger partial charge in [0.1, 0.15) is 4.88 Å². The molecule has 1 N–H and O–H groups in total. The van der Waals surface area contributed by atoms with Gasteiger partial charge in [-0.3, -0.25) is 4.90 Å². The number of hydrogen-bond acceptors (Lipinski definition) is 4. The topological polar surface area (TPSA) is 49.8 Å². The van der Waals surface area contributed by atoms with Crippen LogP contribution in [0.4, 0.5) is 0 Å². The van der Waals surface area contributed by atoms with Crippen LogP contribution in [-0.2, 0) is 11.3 Å². The summed E-state index contributed by atoms with van der Waals surface area (Å²) in [6.07, 6.45) is 1.25. The lowest BCUT2D eigenvalue weighted by Crippen LogP contribution is -2.36. The first-order chi connectivity index (χ1) is 8.09. The smallest absolute Gasteiger partial charge is 0.346 e. The summed E-state index contributed by atoms with van der Waals surface area (Å²) in [5.41, 5.74) is 0.893. The van der Waals surface area contributed by atoms with Gasteiger partial charge in [-0.15, -0.1) is 11.3 Å². The zero-order valence-corrected chi connectivity index (χ0v) is 10.9. The van der Waals surface area contributed by atoms with Crippen molar-refractivity contribution in [3.8, 4) is 0 Å². The van der Waals surface area contributed by atoms with Gasteiger partial charge in [-0.2, -0.15) is 0 Å². The lowest BCUT2D eigenvalue weighted by atomic mass is 10.1. The van der Waals surface area contributed by atoms with Crippen LogP contribution in [-0.4, -0.2) is 41.8 Å². The van der Waals surface area contributed by atoms with Crippen molar-refractivity contribution in [2.75, 3.05) is 13.7 Å². The molecule has 94 valence electrons. The third kappa shape index (κ3) is 2.68. The van der Waals surface area contributed by atoms with Gasteiger partial charge < -0.3 is 9.84 Å². The van der Waals surface area contributed by atoms with E-state index in [1.807, 2.05) is 18.5 Å². The standard InChI is InChI=1S/C12H17NO3S/c1-8-10(3-5-16-8)13(2)7-9-4-6-17-11(9)12(14)15/h4,6,8,10H,3,5,7H2,1-2H3,(H,14,15). The van der Waals surface area contributed by atoms with E-state index < -0.39 is 5.97 Å². The molecule has 17 heavy (non-hydrogen) atoms. The molecule has 1 aromatic heterocycles. The van der Waals surface area contributed by atoms with Crippen molar-refractivity contribution in [2.45, 2.75) is 32.0 Å². The first kappa shape index (κ1) is 12.5. The van der Waals surface area contributed by atoms with Gasteiger partial charge in [0.2, 0.25) is 0 Å². The van der Waals surface area contributed by atoms with E-state index in [0.29, 0.717) is 17.5 Å². The fourth-order valence-electron chi connectivity index (χ4n) is 2.33. The molecular formula is C12H17NO3S. The third-order valence-electron chi connectivity index (χ3n) is 3.26. The first-order valence-corrected chi connectivity index (χ1v) is 6.59. The van der Waals surface area contributed by atoms with Crippen LogP contribution in [0.2, 0.25) is 0 Å². The first-order valence-electron chi connectivity index (χ1n) is 5.71. The lowest BCUT2D eigenvalue weighted by molar-refractivity contribution is 0.0696. The number of likely N-dealkylation sites (N-methyl/N-ethyl adjacent to an activating group) is 1. The maximum Gasteiger partial charge on any atom is 0.346 e. The number of rotatable bonds is 4. The minimum Gasteiger partial charge on any atom is -0.477 e. The van der Waals surface area contributed by atoms with E-state index in [4.69, 9.17) is 9.84 Å². The summed E-state index contributed by atoms with van der Waals surface area (Å²) < 4.78 is 5.53. The zero-order chi connectivity index (χ0) is 12.4. The van der Waals surface area contributed by atoms with Crippen LogP contribution in [0, 0.1) is 0 Å². The van der Waals surface area contributed by atoms with Crippen molar-refractivity contribution in [3.05, 3.63) is 21.9 Å². The van der Waals surface area contributed by atoms with Crippen molar-refractivity contribution < 1.29 is 14.6 Å². The minimum atomic E-state index is -0.834. The number of nitrogens with zero attached hydrogens (tertiary/aromatic N) is 1. The summed E-state index contributed by atoms with van der Waals surface area (Å²) in [6.45, 7) is 3.54. The van der Waals surface area contributed by atoms with Crippen LogP contribution in [0.5, 0.6) is 0 Å². The fraction of sp³-hybridized carbons (Fsp3) is 0.583. The van der Waals surface area contributed by atoms with Crippen molar-refractivity contribution >= 4 is 17.3 Å². The normalized spacial score (nSPS) is 24.4. The fourth-order valence-corrected chi connectivity index (χ4v) is 3.09. The Balaban J connectivity index is 2.05. The Morgan fingerprint density at radius 3 is 3.06 bits per heavy atom. The van der Waals surface area contributed by atoms with Crippen LogP contribution in [0.1, 0.15) is 28.6 Å². The quantitative estimate of drug-likeness (QED) is 0.894. The van der Waals surface area contributed by atoms with Gasteiger partial charge in [-0.05, 0) is 37.4 Å². The predicted molar refractivity (Wildman–Crippen MR) is 66.6 cm³/mol. The molecule has 5 heteroatoms. The van der Waals surface area contributed by atoms with Crippen molar-refractivity contribution in [1.82, 2.24) is 4.90 Å². The maximum atomic E-state index is 11.0. The average molecular weight is 255 g/mol. The molecule has 2 atom stereocenters. The SMILES string of the molecule is CC1OCCC1N(C)Cc1ccsc1C(=O)O. The van der Waals surface area contributed by atoms with Gasteiger partial charge in [0, 0.05) is 19.2 Å². The molecule has 2 heterocycles. The number of thiophene rings is 1. The van der Waals surface area contributed by atoms with Gasteiger partial charge in [0.15, 0.2) is 0 Å². The van der Waals surface area contributed by atoms with E-state index >= 15 is 0 Å². The van der Waals surface area contributed by atoms with E-state index in [2.05, 4.69) is 11.8 Å². The summed E-state index contributed by atoms with van der Waals surface area (Å²) in [7, 11) is 2.03. The van der Waals surface area contributed by atoms with Crippen LogP contribution >= 0.6 is 11.3 Å². The molecule has 0 aromatic carbocycles. The number of carboxylic acid groups (broad SMARTS) is 1. The maximum absolute atomic E-state index is 11.0. The zero-order valence-electron chi connectivity index (χ0n) is 10.0. The Kier molecular flexibility index (Phi) is 3.81. The largest absolute Gasteiger partial charge is 0.477 e. The second kappa shape index (κ2) is 5.16. The molecule has 1 saturated heterocycles. The molecule has 1 aliphatic rings. The van der Waals surface area contributed by atoms with Crippen molar-refractivity contribution in [2.24, 2.45) is 0 Å². The molecule has 1 aromatic rings. The van der Waals surface area contributed by atoms with Gasteiger partial charge in [0.25, 0.3) is 0 Å². The number of hydrogen-bond donors (Lipinski definition) is 1. The highest BCUT2D eigenvalue weighted by atomic mass is 32.1. The van der Waals surface area contributed by atoms with Gasteiger partial charge in [-0.25, -0.2) is 4.79 Å². The van der Waals surface area contributed by atoms with Gasteiger partial charge in [-0.1, -0.05) is 0 Å². The van der Waals surface area contributed by atoms with Gasteiger partial charge in [0.05, 0.1) is 6.10 Å². The summed E-state index contributed by atoms with van der Waals surface area (Å²) in [5, 5.41) is 10.9. The molecular weight excluding hydrogens is 238 g/mol. The van der Waals surface area contributed by atoms with E-state index in [0.717, 1.165) is 18.6 Å². The minimum absolute atomic E-state index is 0.229. The molecule has 0 amide bonds. The van der Waals surface area contributed by atoms with Crippen LogP contribution in [0.15, 0.2) is 11.4 Å². The molecule has 1 aliphatic heterocycles. The van der Waals surface area contributed by atoms with Crippen molar-refractivity contribution in [3.63, 3.8) is 0 Å². The van der Waals surface area contributed by atoms with Crippen molar-refractivity contribution in [1.29, 1.82) is 0 Å². The summed E-state index contributed by atoms with van der Waals surface area (Å²) in [5.74, 6) is -0.834. The third-order valence-corrected chi connectivity index (χ3v) is 4.21. The van der Waals surface area contributed by atoms with Crippen LogP contribution in [0.25, 0.3) is 0 Å². The lowest BCUT2D eigenvalue weighted by Gasteiger charge is -2.26. The molecule has 4 nitrogen and oxygen atoms in total. The molecule has 0 radical (unpaired) electrons.